The zero-order chi connectivity index (χ0) is 12.5. The van der Waals surface area contributed by atoms with Crippen LogP contribution in [0, 0.1) is 0 Å². The van der Waals surface area contributed by atoms with E-state index in [1.54, 1.807) is 0 Å². The molecular formula is C11H21NO4S. The Morgan fingerprint density at radius 2 is 1.82 bits per heavy atom. The summed E-state index contributed by atoms with van der Waals surface area (Å²) in [6.45, 7) is 0.0102. The fourth-order valence-corrected chi connectivity index (χ4v) is 4.68. The molecule has 2 fully saturated rings. The Morgan fingerprint density at radius 3 is 2.29 bits per heavy atom. The predicted molar refractivity (Wildman–Crippen MR) is 64.5 cm³/mol. The van der Waals surface area contributed by atoms with Crippen LogP contribution in [0.4, 0.5) is 0 Å². The summed E-state index contributed by atoms with van der Waals surface area (Å²) in [5, 5.41) is 22.5. The second kappa shape index (κ2) is 4.84. The third-order valence-corrected chi connectivity index (χ3v) is 5.64. The van der Waals surface area contributed by atoms with Crippen molar-refractivity contribution in [2.45, 2.75) is 49.8 Å². The van der Waals surface area contributed by atoms with Crippen LogP contribution >= 0.6 is 0 Å². The highest BCUT2D eigenvalue weighted by atomic mass is 32.2. The van der Waals surface area contributed by atoms with Gasteiger partial charge in [-0.05, 0) is 12.8 Å². The molecule has 1 saturated heterocycles. The topological polar surface area (TPSA) is 86.6 Å². The Hall–Kier alpha value is -0.170. The monoisotopic (exact) mass is 263 g/mol. The molecule has 1 aliphatic carbocycles. The molecule has 0 amide bonds. The summed E-state index contributed by atoms with van der Waals surface area (Å²) in [6.07, 6.45) is 4.12. The molecule has 0 radical (unpaired) electrons. The van der Waals surface area contributed by atoms with Crippen molar-refractivity contribution in [3.05, 3.63) is 0 Å². The lowest BCUT2D eigenvalue weighted by Gasteiger charge is -2.39. The molecule has 0 spiro atoms. The molecule has 100 valence electrons. The van der Waals surface area contributed by atoms with Gasteiger partial charge >= 0.3 is 0 Å². The van der Waals surface area contributed by atoms with E-state index in [0.717, 1.165) is 32.1 Å². The van der Waals surface area contributed by atoms with Crippen molar-refractivity contribution >= 4 is 9.84 Å². The van der Waals surface area contributed by atoms with E-state index in [0.29, 0.717) is 0 Å². The molecule has 5 nitrogen and oxygen atoms in total. The summed E-state index contributed by atoms with van der Waals surface area (Å²) in [5.41, 5.74) is -0.385. The number of nitrogens with one attached hydrogen (secondary N) is 1. The Morgan fingerprint density at radius 1 is 1.18 bits per heavy atom. The molecule has 1 aliphatic heterocycles. The maximum atomic E-state index is 11.4. The largest absolute Gasteiger partial charge is 0.394 e. The van der Waals surface area contributed by atoms with Gasteiger partial charge < -0.3 is 15.5 Å². The van der Waals surface area contributed by atoms with Gasteiger partial charge in [0.15, 0.2) is 9.84 Å². The van der Waals surface area contributed by atoms with E-state index in [-0.39, 0.29) is 23.7 Å². The first kappa shape index (κ1) is 13.3. The summed E-state index contributed by atoms with van der Waals surface area (Å²) < 4.78 is 22.8. The average molecular weight is 263 g/mol. The smallest absolute Gasteiger partial charge is 0.154 e. The molecule has 2 unspecified atom stereocenters. The Balaban J connectivity index is 2.04. The molecule has 2 rings (SSSR count). The van der Waals surface area contributed by atoms with E-state index in [1.165, 1.54) is 0 Å². The third-order valence-electron chi connectivity index (χ3n) is 3.93. The van der Waals surface area contributed by atoms with Crippen LogP contribution in [-0.4, -0.2) is 54.4 Å². The molecule has 2 atom stereocenters. The second-order valence-electron chi connectivity index (χ2n) is 5.39. The van der Waals surface area contributed by atoms with Crippen molar-refractivity contribution in [2.75, 3.05) is 18.1 Å². The van der Waals surface area contributed by atoms with Gasteiger partial charge in [-0.25, -0.2) is 8.42 Å². The predicted octanol–water partition coefficient (Wildman–Crippen LogP) is -0.571. The first-order valence-corrected chi connectivity index (χ1v) is 8.06. The number of aliphatic hydroxyl groups excluding tert-OH is 2. The van der Waals surface area contributed by atoms with Crippen LogP contribution in [0.15, 0.2) is 0 Å². The van der Waals surface area contributed by atoms with E-state index >= 15 is 0 Å². The quantitative estimate of drug-likeness (QED) is 0.635. The van der Waals surface area contributed by atoms with Gasteiger partial charge in [-0.2, -0.15) is 0 Å². The van der Waals surface area contributed by atoms with Crippen LogP contribution in [-0.2, 0) is 9.84 Å². The zero-order valence-electron chi connectivity index (χ0n) is 9.93. The Kier molecular flexibility index (Phi) is 3.77. The minimum absolute atomic E-state index is 0.0102. The summed E-state index contributed by atoms with van der Waals surface area (Å²) >= 11 is 0. The van der Waals surface area contributed by atoms with Crippen molar-refractivity contribution in [1.82, 2.24) is 5.32 Å². The summed E-state index contributed by atoms with van der Waals surface area (Å²) in [6, 6.07) is -0.426. The average Bonchev–Trinajstić information content (AvgIpc) is 2.53. The van der Waals surface area contributed by atoms with Crippen LogP contribution in [0.5, 0.6) is 0 Å². The SMILES string of the molecule is O=S1(=O)CC(O)C(NC2(CO)CCCCC2)C1. The molecule has 6 heteroatoms. The zero-order valence-corrected chi connectivity index (χ0v) is 10.7. The van der Waals surface area contributed by atoms with Crippen LogP contribution in [0.3, 0.4) is 0 Å². The molecule has 1 saturated carbocycles. The molecule has 0 aromatic carbocycles. The lowest BCUT2D eigenvalue weighted by atomic mass is 9.81. The van der Waals surface area contributed by atoms with Gasteiger partial charge in [-0.15, -0.1) is 0 Å². The van der Waals surface area contributed by atoms with Gasteiger partial charge in [-0.3, -0.25) is 0 Å². The van der Waals surface area contributed by atoms with Gasteiger partial charge in [-0.1, -0.05) is 19.3 Å². The number of aliphatic hydroxyl groups is 2. The van der Waals surface area contributed by atoms with Crippen molar-refractivity contribution < 1.29 is 18.6 Å². The van der Waals surface area contributed by atoms with Gasteiger partial charge in [0.2, 0.25) is 0 Å². The van der Waals surface area contributed by atoms with Crippen molar-refractivity contribution in [1.29, 1.82) is 0 Å². The highest BCUT2D eigenvalue weighted by Crippen LogP contribution is 2.29. The van der Waals surface area contributed by atoms with Crippen LogP contribution in [0.1, 0.15) is 32.1 Å². The first-order valence-electron chi connectivity index (χ1n) is 6.23. The molecule has 2 aliphatic rings. The van der Waals surface area contributed by atoms with Crippen molar-refractivity contribution in [3.8, 4) is 0 Å². The minimum atomic E-state index is -3.12. The maximum absolute atomic E-state index is 11.4. The lowest BCUT2D eigenvalue weighted by Crippen LogP contribution is -2.57. The Bertz CT molecular complexity index is 362. The maximum Gasteiger partial charge on any atom is 0.154 e. The van der Waals surface area contributed by atoms with E-state index in [2.05, 4.69) is 5.32 Å². The summed E-state index contributed by atoms with van der Waals surface area (Å²) in [7, 11) is -3.12. The number of sulfone groups is 1. The molecule has 1 heterocycles. The van der Waals surface area contributed by atoms with Gasteiger partial charge in [0.05, 0.1) is 24.2 Å². The van der Waals surface area contributed by atoms with Crippen LogP contribution in [0.25, 0.3) is 0 Å². The third kappa shape index (κ3) is 2.99. The molecule has 0 aromatic heterocycles. The molecular weight excluding hydrogens is 242 g/mol. The van der Waals surface area contributed by atoms with E-state index in [9.17, 15) is 18.6 Å². The number of rotatable bonds is 3. The normalized spacial score (nSPS) is 35.9. The molecule has 3 N–H and O–H groups in total. The van der Waals surface area contributed by atoms with Crippen LogP contribution in [0.2, 0.25) is 0 Å². The summed E-state index contributed by atoms with van der Waals surface area (Å²) in [4.78, 5) is 0. The summed E-state index contributed by atoms with van der Waals surface area (Å²) in [5.74, 6) is -0.178. The highest BCUT2D eigenvalue weighted by molar-refractivity contribution is 7.91. The molecule has 0 aromatic rings. The van der Waals surface area contributed by atoms with Gasteiger partial charge in [0.1, 0.15) is 0 Å². The van der Waals surface area contributed by atoms with Crippen molar-refractivity contribution in [3.63, 3.8) is 0 Å². The number of hydrogen-bond acceptors (Lipinski definition) is 5. The minimum Gasteiger partial charge on any atom is -0.394 e. The highest BCUT2D eigenvalue weighted by Gasteiger charge is 2.41. The fraction of sp³-hybridized carbons (Fsp3) is 1.00. The van der Waals surface area contributed by atoms with Gasteiger partial charge in [0.25, 0.3) is 0 Å². The van der Waals surface area contributed by atoms with E-state index in [4.69, 9.17) is 0 Å². The van der Waals surface area contributed by atoms with Crippen molar-refractivity contribution in [2.24, 2.45) is 0 Å². The second-order valence-corrected chi connectivity index (χ2v) is 7.55. The number of hydrogen-bond donors (Lipinski definition) is 3. The van der Waals surface area contributed by atoms with E-state index < -0.39 is 22.0 Å². The lowest BCUT2D eigenvalue weighted by molar-refractivity contribution is 0.0800. The molecule has 17 heavy (non-hydrogen) atoms. The standard InChI is InChI=1S/C11H21NO4S/c13-8-11(4-2-1-3-5-11)12-9-6-17(15,16)7-10(9)14/h9-10,12-14H,1-8H2. The molecule has 0 bridgehead atoms. The van der Waals surface area contributed by atoms with Gasteiger partial charge in [0, 0.05) is 11.6 Å². The van der Waals surface area contributed by atoms with Crippen LogP contribution < -0.4 is 5.32 Å². The first-order chi connectivity index (χ1) is 7.96. The fourth-order valence-electron chi connectivity index (χ4n) is 2.94. The van der Waals surface area contributed by atoms with E-state index in [1.807, 2.05) is 0 Å². The Labute approximate surface area is 102 Å².